The number of benzene rings is 2. The van der Waals surface area contributed by atoms with E-state index >= 15 is 0 Å². The summed E-state index contributed by atoms with van der Waals surface area (Å²) in [5.41, 5.74) is 2.86. The Balaban J connectivity index is 1.29. The van der Waals surface area contributed by atoms with Crippen LogP contribution in [0.25, 0.3) is 0 Å². The van der Waals surface area contributed by atoms with Crippen LogP contribution in [-0.2, 0) is 6.54 Å². The van der Waals surface area contributed by atoms with E-state index in [-0.39, 0.29) is 17.6 Å². The predicted molar refractivity (Wildman–Crippen MR) is 114 cm³/mol. The number of nitrogens with zero attached hydrogens (tertiary/aromatic N) is 3. The molecule has 6 heteroatoms. The normalized spacial score (nSPS) is 17.4. The first kappa shape index (κ1) is 20.5. The van der Waals surface area contributed by atoms with Crippen molar-refractivity contribution in [2.24, 2.45) is 0 Å². The summed E-state index contributed by atoms with van der Waals surface area (Å²) >= 11 is 0. The quantitative estimate of drug-likeness (QED) is 0.778. The predicted octanol–water partition coefficient (Wildman–Crippen LogP) is 3.33. The molecule has 0 unspecified atom stereocenters. The summed E-state index contributed by atoms with van der Waals surface area (Å²) in [6, 6.07) is 12.6. The van der Waals surface area contributed by atoms with Crippen LogP contribution in [0, 0.1) is 12.7 Å². The lowest BCUT2D eigenvalue weighted by Gasteiger charge is -2.34. The molecule has 5 nitrogen and oxygen atoms in total. The highest BCUT2D eigenvalue weighted by atomic mass is 19.1. The van der Waals surface area contributed by atoms with E-state index in [1.807, 2.05) is 29.2 Å². The Kier molecular flexibility index (Phi) is 6.13. The number of carbonyl (C=O) groups is 2. The Morgan fingerprint density at radius 2 is 1.37 bits per heavy atom. The summed E-state index contributed by atoms with van der Waals surface area (Å²) in [4.78, 5) is 31.1. The molecule has 4 rings (SSSR count). The zero-order valence-electron chi connectivity index (χ0n) is 17.4. The third kappa shape index (κ3) is 4.54. The smallest absolute Gasteiger partial charge is 0.254 e. The molecule has 30 heavy (non-hydrogen) atoms. The van der Waals surface area contributed by atoms with E-state index < -0.39 is 0 Å². The molecule has 0 bridgehead atoms. The van der Waals surface area contributed by atoms with Gasteiger partial charge in [-0.2, -0.15) is 0 Å². The second-order valence-corrected chi connectivity index (χ2v) is 8.23. The highest BCUT2D eigenvalue weighted by Gasteiger charge is 2.23. The van der Waals surface area contributed by atoms with Crippen molar-refractivity contribution in [3.05, 3.63) is 70.5 Å². The second-order valence-electron chi connectivity index (χ2n) is 8.23. The van der Waals surface area contributed by atoms with E-state index in [4.69, 9.17) is 0 Å². The third-order valence-electron chi connectivity index (χ3n) is 6.08. The first-order valence-electron chi connectivity index (χ1n) is 10.7. The van der Waals surface area contributed by atoms with E-state index in [0.717, 1.165) is 56.7 Å². The molecule has 0 atom stereocenters. The van der Waals surface area contributed by atoms with Crippen molar-refractivity contribution in [2.45, 2.75) is 26.3 Å². The lowest BCUT2D eigenvalue weighted by molar-refractivity contribution is 0.0628. The maximum Gasteiger partial charge on any atom is 0.254 e. The average molecular weight is 410 g/mol. The Labute approximate surface area is 177 Å². The molecular weight excluding hydrogens is 381 g/mol. The number of hydrogen-bond donors (Lipinski definition) is 0. The molecule has 0 aliphatic carbocycles. The molecule has 2 heterocycles. The van der Waals surface area contributed by atoms with E-state index in [1.54, 1.807) is 24.0 Å². The fraction of sp³-hybridized carbons (Fsp3) is 0.417. The van der Waals surface area contributed by atoms with Crippen LogP contribution >= 0.6 is 0 Å². The third-order valence-corrected chi connectivity index (χ3v) is 6.08. The minimum Gasteiger partial charge on any atom is -0.339 e. The molecule has 0 aromatic heterocycles. The van der Waals surface area contributed by atoms with E-state index in [1.165, 1.54) is 6.07 Å². The van der Waals surface area contributed by atoms with Gasteiger partial charge in [-0.3, -0.25) is 14.5 Å². The number of likely N-dealkylation sites (tertiary alicyclic amines) is 1. The SMILES string of the molecule is Cc1ccc(C(=O)N2CCN(Cc3ccc(C(=O)N4CCCC4)cc3)CC2)cc1F. The van der Waals surface area contributed by atoms with Gasteiger partial charge in [-0.15, -0.1) is 0 Å². The molecule has 158 valence electrons. The zero-order chi connectivity index (χ0) is 21.1. The molecule has 2 saturated heterocycles. The molecule has 0 spiro atoms. The molecule has 2 aliphatic heterocycles. The van der Waals surface area contributed by atoms with E-state index in [2.05, 4.69) is 4.90 Å². The van der Waals surface area contributed by atoms with Crippen LogP contribution < -0.4 is 0 Å². The van der Waals surface area contributed by atoms with Gasteiger partial charge in [0, 0.05) is 56.9 Å². The Bertz CT molecular complexity index is 915. The van der Waals surface area contributed by atoms with Crippen molar-refractivity contribution in [1.82, 2.24) is 14.7 Å². The lowest BCUT2D eigenvalue weighted by atomic mass is 10.1. The standard InChI is InChI=1S/C24H28FN3O2/c1-18-4-7-21(16-22(18)25)24(30)28-14-12-26(13-15-28)17-19-5-8-20(9-6-19)23(29)27-10-2-3-11-27/h4-9,16H,2-3,10-15,17H2,1H3. The van der Waals surface area contributed by atoms with Crippen molar-refractivity contribution in [2.75, 3.05) is 39.3 Å². The summed E-state index contributed by atoms with van der Waals surface area (Å²) in [5.74, 6) is -0.330. The van der Waals surface area contributed by atoms with Crippen LogP contribution in [0.15, 0.2) is 42.5 Å². The fourth-order valence-corrected chi connectivity index (χ4v) is 4.13. The highest BCUT2D eigenvalue weighted by molar-refractivity contribution is 5.95. The first-order chi connectivity index (χ1) is 14.5. The summed E-state index contributed by atoms with van der Waals surface area (Å²) < 4.78 is 13.8. The van der Waals surface area contributed by atoms with Crippen LogP contribution in [0.3, 0.4) is 0 Å². The van der Waals surface area contributed by atoms with Crippen molar-refractivity contribution < 1.29 is 14.0 Å². The van der Waals surface area contributed by atoms with Crippen molar-refractivity contribution >= 4 is 11.8 Å². The van der Waals surface area contributed by atoms with Crippen molar-refractivity contribution in [1.29, 1.82) is 0 Å². The van der Waals surface area contributed by atoms with Crippen LogP contribution in [0.2, 0.25) is 0 Å². The molecule has 0 N–H and O–H groups in total. The summed E-state index contributed by atoms with van der Waals surface area (Å²) in [6.07, 6.45) is 2.19. The summed E-state index contributed by atoms with van der Waals surface area (Å²) in [7, 11) is 0. The Morgan fingerprint density at radius 1 is 0.800 bits per heavy atom. The average Bonchev–Trinajstić information content (AvgIpc) is 3.31. The van der Waals surface area contributed by atoms with Crippen LogP contribution in [-0.4, -0.2) is 65.8 Å². The van der Waals surface area contributed by atoms with Gasteiger partial charge in [0.15, 0.2) is 0 Å². The number of aryl methyl sites for hydroxylation is 1. The van der Waals surface area contributed by atoms with Crippen LogP contribution in [0.5, 0.6) is 0 Å². The van der Waals surface area contributed by atoms with Crippen molar-refractivity contribution in [3.8, 4) is 0 Å². The topological polar surface area (TPSA) is 43.9 Å². The van der Waals surface area contributed by atoms with E-state index in [0.29, 0.717) is 24.2 Å². The Hall–Kier alpha value is -2.73. The van der Waals surface area contributed by atoms with Crippen molar-refractivity contribution in [3.63, 3.8) is 0 Å². The van der Waals surface area contributed by atoms with Gasteiger partial charge < -0.3 is 9.80 Å². The first-order valence-corrected chi connectivity index (χ1v) is 10.7. The van der Waals surface area contributed by atoms with Gasteiger partial charge in [0.1, 0.15) is 5.82 Å². The monoisotopic (exact) mass is 409 g/mol. The number of piperazine rings is 1. The zero-order valence-corrected chi connectivity index (χ0v) is 17.4. The molecule has 2 aliphatic rings. The molecule has 2 aromatic carbocycles. The fourth-order valence-electron chi connectivity index (χ4n) is 4.13. The molecular formula is C24H28FN3O2. The number of hydrogen-bond acceptors (Lipinski definition) is 3. The molecule has 2 aromatic rings. The van der Waals surface area contributed by atoms with Gasteiger partial charge in [0.2, 0.25) is 0 Å². The maximum atomic E-state index is 13.8. The number of halogens is 1. The molecule has 0 saturated carbocycles. The van der Waals surface area contributed by atoms with Gasteiger partial charge in [0.25, 0.3) is 11.8 Å². The maximum absolute atomic E-state index is 13.8. The number of rotatable bonds is 4. The minimum absolute atomic E-state index is 0.113. The number of amides is 2. The van der Waals surface area contributed by atoms with Gasteiger partial charge >= 0.3 is 0 Å². The number of carbonyl (C=O) groups excluding carboxylic acids is 2. The lowest BCUT2D eigenvalue weighted by Crippen LogP contribution is -2.48. The molecule has 2 amide bonds. The van der Waals surface area contributed by atoms with E-state index in [9.17, 15) is 14.0 Å². The van der Waals surface area contributed by atoms with Crippen LogP contribution in [0.1, 0.15) is 44.7 Å². The van der Waals surface area contributed by atoms with Gasteiger partial charge in [-0.05, 0) is 55.2 Å². The van der Waals surface area contributed by atoms with Gasteiger partial charge in [-0.25, -0.2) is 4.39 Å². The molecule has 0 radical (unpaired) electrons. The largest absolute Gasteiger partial charge is 0.339 e. The molecule has 2 fully saturated rings. The summed E-state index contributed by atoms with van der Waals surface area (Å²) in [6.45, 7) is 7.00. The van der Waals surface area contributed by atoms with Gasteiger partial charge in [-0.1, -0.05) is 18.2 Å². The summed E-state index contributed by atoms with van der Waals surface area (Å²) in [5, 5.41) is 0. The minimum atomic E-state index is -0.342. The Morgan fingerprint density at radius 3 is 2.00 bits per heavy atom. The highest BCUT2D eigenvalue weighted by Crippen LogP contribution is 2.16. The second kappa shape index (κ2) is 8.96. The van der Waals surface area contributed by atoms with Crippen LogP contribution in [0.4, 0.5) is 4.39 Å². The van der Waals surface area contributed by atoms with Gasteiger partial charge in [0.05, 0.1) is 0 Å².